The summed E-state index contributed by atoms with van der Waals surface area (Å²) in [5.74, 6) is 0.106. The third kappa shape index (κ3) is 5.79. The third-order valence-electron chi connectivity index (χ3n) is 4.14. The van der Waals surface area contributed by atoms with Gasteiger partial charge in [-0.25, -0.2) is 0 Å². The van der Waals surface area contributed by atoms with Crippen molar-refractivity contribution in [3.05, 3.63) is 39.9 Å². The minimum atomic E-state index is -0.401. The lowest BCUT2D eigenvalue weighted by molar-refractivity contribution is -0.123. The number of allylic oxidation sites excluding steroid dienone is 1. The topological polar surface area (TPSA) is 20.3 Å². The quantitative estimate of drug-likeness (QED) is 0.631. The van der Waals surface area contributed by atoms with Gasteiger partial charge in [-0.1, -0.05) is 49.5 Å². The molecule has 1 fully saturated rings. The molecule has 1 saturated heterocycles. The van der Waals surface area contributed by atoms with E-state index >= 15 is 0 Å². The summed E-state index contributed by atoms with van der Waals surface area (Å²) < 4.78 is 0. The van der Waals surface area contributed by atoms with Crippen molar-refractivity contribution in [2.24, 2.45) is 5.41 Å². The van der Waals surface area contributed by atoms with Gasteiger partial charge < -0.3 is 4.90 Å². The van der Waals surface area contributed by atoms with E-state index in [1.165, 1.54) is 19.3 Å². The zero-order valence-corrected chi connectivity index (χ0v) is 16.0. The van der Waals surface area contributed by atoms with Gasteiger partial charge in [-0.2, -0.15) is 0 Å². The fourth-order valence-corrected chi connectivity index (χ4v) is 3.33. The molecule has 5 heteroatoms. The number of nitrogens with zero attached hydrogens (tertiary/aromatic N) is 1. The number of benzene rings is 1. The zero-order valence-electron chi connectivity index (χ0n) is 13.6. The van der Waals surface area contributed by atoms with Gasteiger partial charge >= 0.3 is 0 Å². The van der Waals surface area contributed by atoms with Gasteiger partial charge in [0.15, 0.2) is 5.78 Å². The summed E-state index contributed by atoms with van der Waals surface area (Å²) in [5, 5.41) is 1.12. The van der Waals surface area contributed by atoms with E-state index in [2.05, 4.69) is 4.90 Å². The van der Waals surface area contributed by atoms with Crippen LogP contribution < -0.4 is 0 Å². The lowest BCUT2D eigenvalue weighted by atomic mass is 9.86. The van der Waals surface area contributed by atoms with Crippen LogP contribution in [0.5, 0.6) is 0 Å². The monoisotopic (exact) mass is 375 g/mol. The molecule has 1 aliphatic rings. The summed E-state index contributed by atoms with van der Waals surface area (Å²) in [6, 6.07) is 5.34. The summed E-state index contributed by atoms with van der Waals surface area (Å²) >= 11 is 12.3. The van der Waals surface area contributed by atoms with Crippen LogP contribution in [-0.4, -0.2) is 30.3 Å². The minimum absolute atomic E-state index is 0. The van der Waals surface area contributed by atoms with Crippen molar-refractivity contribution in [3.63, 3.8) is 0 Å². The van der Waals surface area contributed by atoms with Gasteiger partial charge in [0.25, 0.3) is 0 Å². The van der Waals surface area contributed by atoms with E-state index in [-0.39, 0.29) is 18.2 Å². The maximum absolute atomic E-state index is 12.5. The first-order valence-electron chi connectivity index (χ1n) is 7.79. The Morgan fingerprint density at radius 3 is 2.30 bits per heavy atom. The molecule has 1 aromatic rings. The molecular formula is C18H24Cl3NO. The molecule has 0 atom stereocenters. The summed E-state index contributed by atoms with van der Waals surface area (Å²) in [5.41, 5.74) is 0.301. The Morgan fingerprint density at radius 2 is 1.74 bits per heavy atom. The van der Waals surface area contributed by atoms with E-state index in [0.29, 0.717) is 15.6 Å². The van der Waals surface area contributed by atoms with Gasteiger partial charge in [0.1, 0.15) is 0 Å². The molecule has 0 spiro atoms. The molecular weight excluding hydrogens is 353 g/mol. The van der Waals surface area contributed by atoms with Crippen molar-refractivity contribution >= 4 is 47.5 Å². The van der Waals surface area contributed by atoms with E-state index < -0.39 is 5.41 Å². The molecule has 23 heavy (non-hydrogen) atoms. The molecule has 0 aromatic heterocycles. The number of likely N-dealkylation sites (tertiary alicyclic amines) is 1. The van der Waals surface area contributed by atoms with Gasteiger partial charge in [0, 0.05) is 27.6 Å². The van der Waals surface area contributed by atoms with Crippen molar-refractivity contribution in [3.8, 4) is 0 Å². The first kappa shape index (κ1) is 20.5. The Hall–Kier alpha value is -0.540. The Kier molecular flexibility index (Phi) is 8.09. The standard InChI is InChI=1S/C18H23Cl2NO.ClH/c1-18(2,13-21-11-4-3-5-12-21)17(22)10-9-14-15(19)7-6-8-16(14)20;/h6-10H,3-5,11-13H2,1-2H3;1H/b10-9+;. The van der Waals surface area contributed by atoms with Crippen molar-refractivity contribution in [2.75, 3.05) is 19.6 Å². The number of carbonyl (C=O) groups excluding carboxylic acids is 1. The second kappa shape index (κ2) is 9.08. The summed E-state index contributed by atoms with van der Waals surface area (Å²) in [4.78, 5) is 14.9. The molecule has 2 rings (SSSR count). The first-order chi connectivity index (χ1) is 10.4. The highest BCUT2D eigenvalue weighted by Crippen LogP contribution is 2.27. The van der Waals surface area contributed by atoms with Crippen LogP contribution in [0.2, 0.25) is 10.0 Å². The normalized spacial score (nSPS) is 16.3. The average molecular weight is 377 g/mol. The Morgan fingerprint density at radius 1 is 1.17 bits per heavy atom. The predicted octanol–water partition coefficient (Wildman–Crippen LogP) is 5.51. The second-order valence-electron chi connectivity index (χ2n) is 6.55. The van der Waals surface area contributed by atoms with Gasteiger partial charge in [-0.15, -0.1) is 12.4 Å². The lowest BCUT2D eigenvalue weighted by Gasteiger charge is -2.33. The summed E-state index contributed by atoms with van der Waals surface area (Å²) in [7, 11) is 0. The number of halogens is 3. The van der Waals surface area contributed by atoms with Gasteiger partial charge in [-0.05, 0) is 50.2 Å². The Bertz CT molecular complexity index is 543. The molecule has 128 valence electrons. The molecule has 1 heterocycles. The predicted molar refractivity (Wildman–Crippen MR) is 102 cm³/mol. The van der Waals surface area contributed by atoms with Crippen molar-refractivity contribution in [1.82, 2.24) is 4.90 Å². The zero-order chi connectivity index (χ0) is 16.2. The van der Waals surface area contributed by atoms with Crippen LogP contribution in [0.1, 0.15) is 38.7 Å². The van der Waals surface area contributed by atoms with Gasteiger partial charge in [0.2, 0.25) is 0 Å². The number of carbonyl (C=O) groups is 1. The molecule has 0 amide bonds. The number of rotatable bonds is 5. The van der Waals surface area contributed by atoms with Crippen LogP contribution in [0.3, 0.4) is 0 Å². The average Bonchev–Trinajstić information content (AvgIpc) is 2.47. The maximum Gasteiger partial charge on any atom is 0.162 e. The van der Waals surface area contributed by atoms with E-state index in [1.807, 2.05) is 13.8 Å². The fraction of sp³-hybridized carbons (Fsp3) is 0.500. The van der Waals surface area contributed by atoms with E-state index in [4.69, 9.17) is 23.2 Å². The van der Waals surface area contributed by atoms with Gasteiger partial charge in [0.05, 0.1) is 0 Å². The van der Waals surface area contributed by atoms with Crippen molar-refractivity contribution in [1.29, 1.82) is 0 Å². The van der Waals surface area contributed by atoms with Gasteiger partial charge in [-0.3, -0.25) is 4.79 Å². The van der Waals surface area contributed by atoms with Crippen molar-refractivity contribution < 1.29 is 4.79 Å². The van der Waals surface area contributed by atoms with E-state index in [1.54, 1.807) is 30.4 Å². The second-order valence-corrected chi connectivity index (χ2v) is 7.37. The molecule has 2 nitrogen and oxygen atoms in total. The van der Waals surface area contributed by atoms with E-state index in [0.717, 1.165) is 19.6 Å². The molecule has 0 unspecified atom stereocenters. The number of hydrogen-bond acceptors (Lipinski definition) is 2. The van der Waals surface area contributed by atoms with Crippen molar-refractivity contribution in [2.45, 2.75) is 33.1 Å². The molecule has 0 aliphatic carbocycles. The lowest BCUT2D eigenvalue weighted by Crippen LogP contribution is -2.41. The highest BCUT2D eigenvalue weighted by molar-refractivity contribution is 6.37. The largest absolute Gasteiger partial charge is 0.302 e. The molecule has 0 bridgehead atoms. The van der Waals surface area contributed by atoms with Crippen LogP contribution in [0, 0.1) is 5.41 Å². The molecule has 1 aromatic carbocycles. The van der Waals surface area contributed by atoms with Crippen LogP contribution in [0.25, 0.3) is 6.08 Å². The Balaban J connectivity index is 0.00000264. The number of hydrogen-bond donors (Lipinski definition) is 0. The molecule has 0 saturated carbocycles. The Labute approximate surface area is 155 Å². The smallest absolute Gasteiger partial charge is 0.162 e. The van der Waals surface area contributed by atoms with Crippen LogP contribution in [-0.2, 0) is 4.79 Å². The fourth-order valence-electron chi connectivity index (χ4n) is 2.81. The van der Waals surface area contributed by atoms with Crippen LogP contribution in [0.15, 0.2) is 24.3 Å². The molecule has 0 radical (unpaired) electrons. The third-order valence-corrected chi connectivity index (χ3v) is 4.79. The van der Waals surface area contributed by atoms with Crippen LogP contribution >= 0.6 is 35.6 Å². The SMILES string of the molecule is CC(C)(CN1CCCCC1)C(=O)/C=C/c1c(Cl)cccc1Cl.Cl. The first-order valence-corrected chi connectivity index (χ1v) is 8.54. The number of piperidine rings is 1. The number of ketones is 1. The maximum atomic E-state index is 12.5. The molecule has 1 aliphatic heterocycles. The van der Waals surface area contributed by atoms with E-state index in [9.17, 15) is 4.79 Å². The summed E-state index contributed by atoms with van der Waals surface area (Å²) in [6.45, 7) is 6.99. The highest BCUT2D eigenvalue weighted by Gasteiger charge is 2.28. The highest BCUT2D eigenvalue weighted by atomic mass is 35.5. The minimum Gasteiger partial charge on any atom is -0.302 e. The van der Waals surface area contributed by atoms with Crippen LogP contribution in [0.4, 0.5) is 0 Å². The summed E-state index contributed by atoms with van der Waals surface area (Å²) in [6.07, 6.45) is 7.10. The molecule has 0 N–H and O–H groups in total.